The number of nitrogens with zero attached hydrogens (tertiary/aromatic N) is 4. The molecule has 152 valence electrons. The highest BCUT2D eigenvalue weighted by Crippen LogP contribution is 2.29. The van der Waals surface area contributed by atoms with E-state index in [2.05, 4.69) is 25.0 Å². The summed E-state index contributed by atoms with van der Waals surface area (Å²) in [6, 6.07) is 3.07. The highest BCUT2D eigenvalue weighted by atomic mass is 19.4. The molecule has 0 amide bonds. The van der Waals surface area contributed by atoms with Crippen LogP contribution in [0, 0.1) is 0 Å². The first-order chi connectivity index (χ1) is 13.8. The van der Waals surface area contributed by atoms with Gasteiger partial charge in [-0.25, -0.2) is 0 Å². The lowest BCUT2D eigenvalue weighted by Crippen LogP contribution is -2.44. The predicted octanol–water partition coefficient (Wildman–Crippen LogP) is 2.35. The van der Waals surface area contributed by atoms with Gasteiger partial charge in [-0.3, -0.25) is 14.6 Å². The molecule has 0 unspecified atom stereocenters. The minimum atomic E-state index is -4.71. The maximum absolute atomic E-state index is 12.5. The molecule has 29 heavy (non-hydrogen) atoms. The Kier molecular flexibility index (Phi) is 4.81. The number of nitrogens with one attached hydrogen (secondary N) is 1. The van der Waals surface area contributed by atoms with Crippen molar-refractivity contribution >= 4 is 11.4 Å². The summed E-state index contributed by atoms with van der Waals surface area (Å²) in [6.45, 7) is 1.68. The van der Waals surface area contributed by atoms with Gasteiger partial charge in [-0.2, -0.15) is 18.2 Å². The van der Waals surface area contributed by atoms with Crippen molar-refractivity contribution in [3.63, 3.8) is 0 Å². The summed E-state index contributed by atoms with van der Waals surface area (Å²) in [7, 11) is 0. The molecule has 3 heterocycles. The maximum Gasteiger partial charge on any atom is 0.471 e. The van der Waals surface area contributed by atoms with Gasteiger partial charge >= 0.3 is 12.1 Å². The number of halogens is 3. The third-order valence-corrected chi connectivity index (χ3v) is 4.76. The number of piperidine rings is 1. The van der Waals surface area contributed by atoms with E-state index < -0.39 is 22.9 Å². The molecule has 8 nitrogen and oxygen atoms in total. The fraction of sp³-hybridized carbons (Fsp3) is 0.389. The number of pyridine rings is 1. The molecule has 1 fully saturated rings. The first-order valence-electron chi connectivity index (χ1n) is 9.03. The minimum absolute atomic E-state index is 0.187. The average Bonchev–Trinajstić information content (AvgIpc) is 3.22. The van der Waals surface area contributed by atoms with Crippen LogP contribution in [0.2, 0.25) is 0 Å². The van der Waals surface area contributed by atoms with Crippen LogP contribution >= 0.6 is 0 Å². The van der Waals surface area contributed by atoms with Gasteiger partial charge in [-0.15, -0.1) is 0 Å². The normalized spacial score (nSPS) is 15.1. The molecule has 0 saturated carbocycles. The Morgan fingerprint density at radius 1 is 1.10 bits per heavy atom. The van der Waals surface area contributed by atoms with Crippen molar-refractivity contribution in [2.75, 3.05) is 23.3 Å². The fourth-order valence-corrected chi connectivity index (χ4v) is 3.26. The Hall–Kier alpha value is -3.24. The van der Waals surface area contributed by atoms with Crippen LogP contribution in [0.25, 0.3) is 11.4 Å². The van der Waals surface area contributed by atoms with Crippen LogP contribution < -0.4 is 21.1 Å². The van der Waals surface area contributed by atoms with E-state index in [1.54, 1.807) is 6.07 Å². The lowest BCUT2D eigenvalue weighted by molar-refractivity contribution is -0.159. The number of hydrogen-bond donors (Lipinski definition) is 1. The van der Waals surface area contributed by atoms with Gasteiger partial charge in [0, 0.05) is 24.8 Å². The largest absolute Gasteiger partial charge is 0.471 e. The van der Waals surface area contributed by atoms with Crippen LogP contribution in [-0.4, -0.2) is 28.2 Å². The molecule has 0 aliphatic carbocycles. The topological polar surface area (TPSA) is 101 Å². The van der Waals surface area contributed by atoms with E-state index in [9.17, 15) is 22.8 Å². The maximum atomic E-state index is 12.5. The summed E-state index contributed by atoms with van der Waals surface area (Å²) >= 11 is 0. The molecule has 0 atom stereocenters. The minimum Gasteiger partial charge on any atom is -0.374 e. The number of alkyl halides is 3. The molecule has 1 aliphatic heterocycles. The molecule has 3 aromatic rings. The monoisotopic (exact) mass is 407 g/mol. The van der Waals surface area contributed by atoms with Gasteiger partial charge in [0.15, 0.2) is 0 Å². The standard InChI is InChI=1S/C18H16F3N5O3/c19-18(20,21)17-24-16(25-29-17)10-4-5-11(22-8-10)9-23-12-13(15(28)14(12)27)26-6-2-1-3-7-26/h4-5,8,23H,1-3,6-7,9H2. The molecule has 0 radical (unpaired) electrons. The Bertz CT molecular complexity index is 1080. The molecule has 2 aromatic heterocycles. The number of anilines is 2. The average molecular weight is 407 g/mol. The second kappa shape index (κ2) is 7.30. The van der Waals surface area contributed by atoms with Crippen molar-refractivity contribution in [3.8, 4) is 11.4 Å². The van der Waals surface area contributed by atoms with E-state index in [0.717, 1.165) is 32.4 Å². The van der Waals surface area contributed by atoms with Crippen LogP contribution in [0.3, 0.4) is 0 Å². The Morgan fingerprint density at radius 2 is 1.86 bits per heavy atom. The second-order valence-electron chi connectivity index (χ2n) is 6.74. The van der Waals surface area contributed by atoms with E-state index in [1.165, 1.54) is 12.3 Å². The van der Waals surface area contributed by atoms with Crippen molar-refractivity contribution in [2.45, 2.75) is 32.0 Å². The van der Waals surface area contributed by atoms with E-state index in [0.29, 0.717) is 11.4 Å². The van der Waals surface area contributed by atoms with Crippen molar-refractivity contribution in [2.24, 2.45) is 0 Å². The Labute approximate surface area is 162 Å². The highest BCUT2D eigenvalue weighted by Gasteiger charge is 2.38. The summed E-state index contributed by atoms with van der Waals surface area (Å²) in [5, 5.41) is 6.26. The first-order valence-corrected chi connectivity index (χ1v) is 9.03. The molecule has 1 aromatic carbocycles. The molecular weight excluding hydrogens is 391 g/mol. The van der Waals surface area contributed by atoms with Crippen LogP contribution in [0.5, 0.6) is 0 Å². The molecule has 1 saturated heterocycles. The zero-order chi connectivity index (χ0) is 20.6. The van der Waals surface area contributed by atoms with Crippen LogP contribution in [0.4, 0.5) is 24.5 Å². The zero-order valence-corrected chi connectivity index (χ0v) is 15.1. The van der Waals surface area contributed by atoms with E-state index >= 15 is 0 Å². The molecule has 1 aliphatic rings. The van der Waals surface area contributed by atoms with E-state index in [1.807, 2.05) is 4.90 Å². The van der Waals surface area contributed by atoms with Crippen molar-refractivity contribution in [1.82, 2.24) is 15.1 Å². The zero-order valence-electron chi connectivity index (χ0n) is 15.1. The van der Waals surface area contributed by atoms with Crippen molar-refractivity contribution in [1.29, 1.82) is 0 Å². The fourth-order valence-electron chi connectivity index (χ4n) is 3.26. The van der Waals surface area contributed by atoms with Gasteiger partial charge in [0.1, 0.15) is 11.4 Å². The van der Waals surface area contributed by atoms with Crippen molar-refractivity contribution < 1.29 is 17.7 Å². The number of rotatable bonds is 5. The SMILES string of the molecule is O=c1c(NCc2ccc(-c3noc(C(F)(F)F)n3)cn2)c(N2CCCCC2)c1=O. The van der Waals surface area contributed by atoms with Gasteiger partial charge in [-0.1, -0.05) is 5.16 Å². The molecule has 1 N–H and O–H groups in total. The van der Waals surface area contributed by atoms with Gasteiger partial charge in [0.2, 0.25) is 5.82 Å². The lowest BCUT2D eigenvalue weighted by atomic mass is 10.1. The molecule has 4 rings (SSSR count). The molecular formula is C18H16F3N5O3. The van der Waals surface area contributed by atoms with E-state index in [4.69, 9.17) is 0 Å². The molecule has 0 bridgehead atoms. The lowest BCUT2D eigenvalue weighted by Gasteiger charge is -2.30. The summed E-state index contributed by atoms with van der Waals surface area (Å²) in [5.41, 5.74) is 0.486. The molecule has 11 heteroatoms. The summed E-state index contributed by atoms with van der Waals surface area (Å²) in [6.07, 6.45) is -0.332. The third kappa shape index (κ3) is 3.71. The van der Waals surface area contributed by atoms with Gasteiger partial charge < -0.3 is 14.7 Å². The highest BCUT2D eigenvalue weighted by molar-refractivity contribution is 5.75. The summed E-state index contributed by atoms with van der Waals surface area (Å²) in [5.74, 6) is -1.65. The molecule has 0 spiro atoms. The Balaban J connectivity index is 1.44. The smallest absolute Gasteiger partial charge is 0.374 e. The van der Waals surface area contributed by atoms with Gasteiger partial charge in [0.05, 0.1) is 12.2 Å². The van der Waals surface area contributed by atoms with E-state index in [-0.39, 0.29) is 23.6 Å². The van der Waals surface area contributed by atoms with Crippen LogP contribution in [0.1, 0.15) is 30.8 Å². The van der Waals surface area contributed by atoms with Crippen LogP contribution in [-0.2, 0) is 12.7 Å². The number of aromatic nitrogens is 3. The Morgan fingerprint density at radius 3 is 2.48 bits per heavy atom. The summed E-state index contributed by atoms with van der Waals surface area (Å²) in [4.78, 5) is 33.2. The third-order valence-electron chi connectivity index (χ3n) is 4.76. The number of hydrogen-bond acceptors (Lipinski definition) is 8. The summed E-state index contributed by atoms with van der Waals surface area (Å²) < 4.78 is 41.8. The van der Waals surface area contributed by atoms with Crippen LogP contribution in [0.15, 0.2) is 32.4 Å². The van der Waals surface area contributed by atoms with Gasteiger partial charge in [-0.05, 0) is 31.4 Å². The van der Waals surface area contributed by atoms with Gasteiger partial charge in [0.25, 0.3) is 10.9 Å². The van der Waals surface area contributed by atoms with Crippen molar-refractivity contribution in [3.05, 3.63) is 50.4 Å². The first kappa shape index (κ1) is 19.1. The quantitative estimate of drug-likeness (QED) is 0.644. The second-order valence-corrected chi connectivity index (χ2v) is 6.74. The predicted molar refractivity (Wildman–Crippen MR) is 97.3 cm³/mol.